The highest BCUT2D eigenvalue weighted by Gasteiger charge is 2.20. The van der Waals surface area contributed by atoms with Crippen molar-refractivity contribution in [3.05, 3.63) is 29.8 Å². The number of ether oxygens (including phenoxy) is 1. The smallest absolute Gasteiger partial charge is 0.223 e. The van der Waals surface area contributed by atoms with Gasteiger partial charge in [-0.25, -0.2) is 0 Å². The molecule has 2 rings (SSSR count). The first kappa shape index (κ1) is 16.3. The first-order valence-corrected chi connectivity index (χ1v) is 8.65. The second-order valence-electron chi connectivity index (χ2n) is 5.85. The van der Waals surface area contributed by atoms with E-state index in [1.54, 1.807) is 0 Å². The van der Waals surface area contributed by atoms with Crippen LogP contribution in [0, 0.1) is 12.8 Å². The van der Waals surface area contributed by atoms with E-state index in [1.807, 2.05) is 31.2 Å². The van der Waals surface area contributed by atoms with Crippen molar-refractivity contribution in [2.45, 2.75) is 43.9 Å². The van der Waals surface area contributed by atoms with Crippen LogP contribution in [0.15, 0.2) is 24.3 Å². The zero-order valence-electron chi connectivity index (χ0n) is 12.6. The largest absolute Gasteiger partial charge is 0.493 e. The van der Waals surface area contributed by atoms with Crippen molar-refractivity contribution in [3.63, 3.8) is 0 Å². The molecule has 0 radical (unpaired) electrons. The molecule has 21 heavy (non-hydrogen) atoms. The van der Waals surface area contributed by atoms with E-state index in [0.717, 1.165) is 12.3 Å². The number of amides is 1. The van der Waals surface area contributed by atoms with Gasteiger partial charge >= 0.3 is 0 Å². The Hall–Kier alpha value is -1.03. The molecule has 0 heterocycles. The summed E-state index contributed by atoms with van der Waals surface area (Å²) in [5, 5.41) is 3.03. The summed E-state index contributed by atoms with van der Waals surface area (Å²) in [4.78, 5) is 12.4. The Bertz CT molecular complexity index is 464. The van der Waals surface area contributed by atoms with Gasteiger partial charge in [0.05, 0.1) is 13.0 Å². The quantitative estimate of drug-likeness (QED) is 0.789. The molecule has 0 bridgehead atoms. The van der Waals surface area contributed by atoms with Gasteiger partial charge in [0.15, 0.2) is 0 Å². The van der Waals surface area contributed by atoms with Crippen molar-refractivity contribution in [1.82, 2.24) is 5.32 Å². The number of alkyl halides is 1. The van der Waals surface area contributed by atoms with E-state index >= 15 is 0 Å². The number of carbonyl (C=O) groups excluding carboxylic acids is 1. The molecule has 1 aliphatic carbocycles. The highest BCUT2D eigenvalue weighted by molar-refractivity contribution is 9.09. The summed E-state index contributed by atoms with van der Waals surface area (Å²) in [6, 6.07) is 7.89. The zero-order chi connectivity index (χ0) is 15.1. The van der Waals surface area contributed by atoms with E-state index in [1.165, 1.54) is 31.2 Å². The Morgan fingerprint density at radius 1 is 1.43 bits per heavy atom. The Morgan fingerprint density at radius 2 is 2.29 bits per heavy atom. The maximum Gasteiger partial charge on any atom is 0.223 e. The fourth-order valence-corrected chi connectivity index (χ4v) is 3.58. The number of aryl methyl sites for hydroxylation is 1. The van der Waals surface area contributed by atoms with Gasteiger partial charge in [0, 0.05) is 11.4 Å². The summed E-state index contributed by atoms with van der Waals surface area (Å²) in [6.45, 7) is 3.26. The predicted octanol–water partition coefficient (Wildman–Crippen LogP) is 3.83. The van der Waals surface area contributed by atoms with Crippen molar-refractivity contribution >= 4 is 21.8 Å². The third-order valence-electron chi connectivity index (χ3n) is 3.89. The highest BCUT2D eigenvalue weighted by atomic mass is 79.9. The van der Waals surface area contributed by atoms with Crippen molar-refractivity contribution in [2.75, 3.05) is 13.2 Å². The SMILES string of the molecule is Cc1cccc(OCCC(=O)NCC2CCCC(Br)C2)c1. The summed E-state index contributed by atoms with van der Waals surface area (Å²) < 4.78 is 5.60. The van der Waals surface area contributed by atoms with Crippen LogP contribution < -0.4 is 10.1 Å². The molecule has 116 valence electrons. The maximum atomic E-state index is 11.8. The molecule has 1 aliphatic rings. The molecule has 0 saturated heterocycles. The second kappa shape index (κ2) is 8.42. The van der Waals surface area contributed by atoms with Gasteiger partial charge < -0.3 is 10.1 Å². The van der Waals surface area contributed by atoms with Crippen molar-refractivity contribution < 1.29 is 9.53 Å². The number of hydrogen-bond acceptors (Lipinski definition) is 2. The summed E-state index contributed by atoms with van der Waals surface area (Å²) >= 11 is 3.68. The third-order valence-corrected chi connectivity index (χ3v) is 4.73. The first-order valence-electron chi connectivity index (χ1n) is 7.73. The van der Waals surface area contributed by atoms with Crippen LogP contribution in [0.4, 0.5) is 0 Å². The van der Waals surface area contributed by atoms with Gasteiger partial charge in [-0.15, -0.1) is 0 Å². The van der Waals surface area contributed by atoms with Crippen molar-refractivity contribution in [1.29, 1.82) is 0 Å². The molecular weight excluding hydrogens is 330 g/mol. The predicted molar refractivity (Wildman–Crippen MR) is 89.0 cm³/mol. The van der Waals surface area contributed by atoms with Crippen LogP contribution in [0.25, 0.3) is 0 Å². The van der Waals surface area contributed by atoms with Gasteiger partial charge in [-0.1, -0.05) is 34.5 Å². The number of halogens is 1. The number of benzene rings is 1. The van der Waals surface area contributed by atoms with Crippen LogP contribution in [0.3, 0.4) is 0 Å². The number of rotatable bonds is 6. The van der Waals surface area contributed by atoms with E-state index in [9.17, 15) is 4.79 Å². The van der Waals surface area contributed by atoms with E-state index < -0.39 is 0 Å². The molecule has 1 aromatic rings. The number of nitrogens with one attached hydrogen (secondary N) is 1. The molecule has 1 N–H and O–H groups in total. The maximum absolute atomic E-state index is 11.8. The Morgan fingerprint density at radius 3 is 3.05 bits per heavy atom. The van der Waals surface area contributed by atoms with Gasteiger partial charge in [-0.3, -0.25) is 4.79 Å². The minimum atomic E-state index is 0.0827. The summed E-state index contributed by atoms with van der Waals surface area (Å²) in [5.41, 5.74) is 1.17. The molecular formula is C17H24BrNO2. The van der Waals surface area contributed by atoms with Gasteiger partial charge in [0.1, 0.15) is 5.75 Å². The van der Waals surface area contributed by atoms with Gasteiger partial charge in [0.25, 0.3) is 0 Å². The normalized spacial score (nSPS) is 21.8. The van der Waals surface area contributed by atoms with Gasteiger partial charge in [-0.05, 0) is 49.8 Å². The van der Waals surface area contributed by atoms with Crippen LogP contribution in [-0.2, 0) is 4.79 Å². The van der Waals surface area contributed by atoms with Crippen LogP contribution in [-0.4, -0.2) is 23.9 Å². The molecule has 1 aromatic carbocycles. The molecule has 0 spiro atoms. The molecule has 3 nitrogen and oxygen atoms in total. The lowest BCUT2D eigenvalue weighted by molar-refractivity contribution is -0.121. The van der Waals surface area contributed by atoms with Crippen LogP contribution in [0.5, 0.6) is 5.75 Å². The van der Waals surface area contributed by atoms with Gasteiger partial charge in [0.2, 0.25) is 5.91 Å². The lowest BCUT2D eigenvalue weighted by Crippen LogP contribution is -2.32. The van der Waals surface area contributed by atoms with E-state index in [0.29, 0.717) is 23.8 Å². The Balaban J connectivity index is 1.61. The molecule has 1 fully saturated rings. The summed E-state index contributed by atoms with van der Waals surface area (Å²) in [7, 11) is 0. The van der Waals surface area contributed by atoms with E-state index in [2.05, 4.69) is 21.2 Å². The first-order chi connectivity index (χ1) is 10.1. The van der Waals surface area contributed by atoms with Crippen LogP contribution in [0.2, 0.25) is 0 Å². The molecule has 0 aliphatic heterocycles. The fourth-order valence-electron chi connectivity index (χ4n) is 2.72. The summed E-state index contributed by atoms with van der Waals surface area (Å²) in [6.07, 6.45) is 5.32. The lowest BCUT2D eigenvalue weighted by Gasteiger charge is -2.25. The summed E-state index contributed by atoms with van der Waals surface area (Å²) in [5.74, 6) is 1.53. The molecule has 1 saturated carbocycles. The van der Waals surface area contributed by atoms with Crippen molar-refractivity contribution in [3.8, 4) is 5.75 Å². The number of hydrogen-bond donors (Lipinski definition) is 1. The number of carbonyl (C=O) groups is 1. The average molecular weight is 354 g/mol. The minimum Gasteiger partial charge on any atom is -0.493 e. The van der Waals surface area contributed by atoms with E-state index in [4.69, 9.17) is 4.74 Å². The molecule has 4 heteroatoms. The third kappa shape index (κ3) is 6.08. The highest BCUT2D eigenvalue weighted by Crippen LogP contribution is 2.28. The minimum absolute atomic E-state index is 0.0827. The molecule has 2 atom stereocenters. The Kier molecular flexibility index (Phi) is 6.55. The lowest BCUT2D eigenvalue weighted by atomic mass is 9.89. The van der Waals surface area contributed by atoms with Crippen LogP contribution >= 0.6 is 15.9 Å². The van der Waals surface area contributed by atoms with Crippen LogP contribution in [0.1, 0.15) is 37.7 Å². The monoisotopic (exact) mass is 353 g/mol. The molecule has 0 aromatic heterocycles. The zero-order valence-corrected chi connectivity index (χ0v) is 14.2. The second-order valence-corrected chi connectivity index (χ2v) is 7.14. The van der Waals surface area contributed by atoms with Gasteiger partial charge in [-0.2, -0.15) is 0 Å². The van der Waals surface area contributed by atoms with Crippen molar-refractivity contribution in [2.24, 2.45) is 5.92 Å². The standard InChI is InChI=1S/C17H24BrNO2/c1-13-4-2-7-16(10-13)21-9-8-17(20)19-12-14-5-3-6-15(18)11-14/h2,4,7,10,14-15H,3,5-6,8-9,11-12H2,1H3,(H,19,20). The fraction of sp³-hybridized carbons (Fsp3) is 0.588. The topological polar surface area (TPSA) is 38.3 Å². The molecule has 1 amide bonds. The Labute approximate surface area is 135 Å². The average Bonchev–Trinajstić information content (AvgIpc) is 2.45. The van der Waals surface area contributed by atoms with E-state index in [-0.39, 0.29) is 5.91 Å². The molecule has 2 unspecified atom stereocenters.